The summed E-state index contributed by atoms with van der Waals surface area (Å²) in [5.74, 6) is 0.464. The fourth-order valence-electron chi connectivity index (χ4n) is 4.60. The topological polar surface area (TPSA) is 64.7 Å². The van der Waals surface area contributed by atoms with E-state index in [0.717, 1.165) is 43.0 Å². The van der Waals surface area contributed by atoms with Crippen molar-refractivity contribution < 1.29 is 22.8 Å². The van der Waals surface area contributed by atoms with Gasteiger partial charge in [-0.05, 0) is 80.1 Å². The van der Waals surface area contributed by atoms with Crippen molar-refractivity contribution in [2.24, 2.45) is 5.92 Å². The van der Waals surface area contributed by atoms with E-state index in [1.54, 1.807) is 4.90 Å². The van der Waals surface area contributed by atoms with Crippen molar-refractivity contribution in [3.05, 3.63) is 54.1 Å². The van der Waals surface area contributed by atoms with Crippen molar-refractivity contribution in [3.8, 4) is 0 Å². The molecule has 2 aromatic carbocycles. The third-order valence-corrected chi connectivity index (χ3v) is 6.40. The maximum atomic E-state index is 13.0. The SMILES string of the molecule is CC1CCCN(c2ccc(N3CCC[C@@H](NC(=O)Nc4ccc(C(F)(F)F)cc4)C3=O)cc2)C1. The number of rotatable bonds is 4. The molecule has 2 atom stereocenters. The fraction of sp³-hybridized carbons (Fsp3) is 0.440. The number of halogens is 3. The van der Waals surface area contributed by atoms with Crippen LogP contribution < -0.4 is 20.4 Å². The van der Waals surface area contributed by atoms with E-state index in [2.05, 4.69) is 22.5 Å². The molecule has 2 aliphatic heterocycles. The van der Waals surface area contributed by atoms with Crippen LogP contribution in [0.2, 0.25) is 0 Å². The molecule has 1 unspecified atom stereocenters. The number of anilines is 3. The van der Waals surface area contributed by atoms with E-state index in [1.807, 2.05) is 24.3 Å². The number of carbonyl (C=O) groups is 2. The molecule has 4 rings (SSSR count). The van der Waals surface area contributed by atoms with Gasteiger partial charge in [0.05, 0.1) is 5.56 Å². The average molecular weight is 475 g/mol. The summed E-state index contributed by atoms with van der Waals surface area (Å²) >= 11 is 0. The molecule has 2 fully saturated rings. The van der Waals surface area contributed by atoms with Gasteiger partial charge < -0.3 is 20.4 Å². The van der Waals surface area contributed by atoms with Gasteiger partial charge in [-0.3, -0.25) is 4.79 Å². The average Bonchev–Trinajstić information content (AvgIpc) is 2.80. The summed E-state index contributed by atoms with van der Waals surface area (Å²) in [5.41, 5.74) is 1.35. The second-order valence-electron chi connectivity index (χ2n) is 9.07. The van der Waals surface area contributed by atoms with Crippen molar-refractivity contribution in [2.75, 3.05) is 34.8 Å². The van der Waals surface area contributed by atoms with Gasteiger partial charge in [0.15, 0.2) is 0 Å². The highest BCUT2D eigenvalue weighted by molar-refractivity contribution is 6.01. The van der Waals surface area contributed by atoms with Crippen molar-refractivity contribution in [3.63, 3.8) is 0 Å². The van der Waals surface area contributed by atoms with Crippen LogP contribution in [0.4, 0.5) is 35.0 Å². The first-order chi connectivity index (χ1) is 16.2. The Bertz CT molecular complexity index is 1010. The molecule has 2 saturated heterocycles. The van der Waals surface area contributed by atoms with Crippen LogP contribution in [0.25, 0.3) is 0 Å². The summed E-state index contributed by atoms with van der Waals surface area (Å²) in [6.07, 6.45) is -0.793. The van der Waals surface area contributed by atoms with E-state index in [1.165, 1.54) is 25.0 Å². The predicted octanol–water partition coefficient (Wildman–Crippen LogP) is 5.26. The second kappa shape index (κ2) is 9.95. The standard InChI is InChI=1S/C25H29F3N4O2/c1-17-4-2-14-31(16-17)20-10-12-21(13-11-20)32-15-3-5-22(23(32)33)30-24(34)29-19-8-6-18(7-9-19)25(26,27)28/h6-13,17,22H,2-5,14-16H2,1H3,(H2,29,30,34)/t17?,22-/m1/s1. The Morgan fingerprint density at radius 3 is 2.24 bits per heavy atom. The molecule has 9 heteroatoms. The van der Waals surface area contributed by atoms with Crippen molar-refractivity contribution in [2.45, 2.75) is 44.8 Å². The van der Waals surface area contributed by atoms with E-state index in [4.69, 9.17) is 0 Å². The molecular formula is C25H29F3N4O2. The largest absolute Gasteiger partial charge is 0.416 e. The van der Waals surface area contributed by atoms with Gasteiger partial charge >= 0.3 is 12.2 Å². The number of hydrogen-bond donors (Lipinski definition) is 2. The number of benzene rings is 2. The zero-order valence-corrected chi connectivity index (χ0v) is 19.1. The Balaban J connectivity index is 1.35. The zero-order valence-electron chi connectivity index (χ0n) is 19.1. The molecule has 34 heavy (non-hydrogen) atoms. The number of piperidine rings is 2. The smallest absolute Gasteiger partial charge is 0.371 e. The number of hydrogen-bond acceptors (Lipinski definition) is 3. The van der Waals surface area contributed by atoms with Crippen molar-refractivity contribution in [1.29, 1.82) is 0 Å². The maximum Gasteiger partial charge on any atom is 0.416 e. The van der Waals surface area contributed by atoms with Crippen LogP contribution in [0.5, 0.6) is 0 Å². The lowest BCUT2D eigenvalue weighted by molar-refractivity contribution is -0.137. The van der Waals surface area contributed by atoms with Crippen LogP contribution in [0.15, 0.2) is 48.5 Å². The minimum absolute atomic E-state index is 0.201. The number of urea groups is 1. The summed E-state index contributed by atoms with van der Waals surface area (Å²) in [6, 6.07) is 10.8. The molecule has 0 aliphatic carbocycles. The van der Waals surface area contributed by atoms with Gasteiger partial charge in [0, 0.05) is 36.7 Å². The Morgan fingerprint density at radius 2 is 1.59 bits per heavy atom. The highest BCUT2D eigenvalue weighted by Gasteiger charge is 2.32. The number of amides is 3. The van der Waals surface area contributed by atoms with Crippen LogP contribution in [-0.4, -0.2) is 37.6 Å². The van der Waals surface area contributed by atoms with Crippen LogP contribution in [-0.2, 0) is 11.0 Å². The molecule has 0 radical (unpaired) electrons. The molecule has 0 aromatic heterocycles. The van der Waals surface area contributed by atoms with Gasteiger partial charge in [-0.25, -0.2) is 4.79 Å². The predicted molar refractivity (Wildman–Crippen MR) is 126 cm³/mol. The molecule has 6 nitrogen and oxygen atoms in total. The first kappa shape index (κ1) is 23.9. The molecule has 0 saturated carbocycles. The van der Waals surface area contributed by atoms with Crippen LogP contribution in [0, 0.1) is 5.92 Å². The summed E-state index contributed by atoms with van der Waals surface area (Å²) in [4.78, 5) is 29.5. The monoisotopic (exact) mass is 474 g/mol. The van der Waals surface area contributed by atoms with E-state index >= 15 is 0 Å². The van der Waals surface area contributed by atoms with E-state index in [-0.39, 0.29) is 11.6 Å². The van der Waals surface area contributed by atoms with E-state index in [0.29, 0.717) is 18.9 Å². The molecule has 2 aliphatic rings. The first-order valence-electron chi connectivity index (χ1n) is 11.6. The normalized spacial score (nSPS) is 21.4. The highest BCUT2D eigenvalue weighted by atomic mass is 19.4. The summed E-state index contributed by atoms with van der Waals surface area (Å²) in [5, 5.41) is 5.15. The lowest BCUT2D eigenvalue weighted by Crippen LogP contribution is -2.53. The lowest BCUT2D eigenvalue weighted by atomic mass is 9.99. The molecule has 0 spiro atoms. The van der Waals surface area contributed by atoms with Gasteiger partial charge in [0.1, 0.15) is 6.04 Å². The molecule has 0 bridgehead atoms. The Hall–Kier alpha value is -3.23. The fourth-order valence-corrected chi connectivity index (χ4v) is 4.60. The first-order valence-corrected chi connectivity index (χ1v) is 11.6. The number of nitrogens with one attached hydrogen (secondary N) is 2. The van der Waals surface area contributed by atoms with Gasteiger partial charge in [-0.2, -0.15) is 13.2 Å². The third kappa shape index (κ3) is 5.63. The van der Waals surface area contributed by atoms with Crippen molar-refractivity contribution >= 4 is 29.0 Å². The van der Waals surface area contributed by atoms with Crippen LogP contribution in [0.3, 0.4) is 0 Å². The van der Waals surface area contributed by atoms with Crippen molar-refractivity contribution in [1.82, 2.24) is 5.32 Å². The molecule has 2 heterocycles. The number of nitrogens with zero attached hydrogens (tertiary/aromatic N) is 2. The second-order valence-corrected chi connectivity index (χ2v) is 9.07. The number of alkyl halides is 3. The Morgan fingerprint density at radius 1 is 0.941 bits per heavy atom. The van der Waals surface area contributed by atoms with Gasteiger partial charge in [0.2, 0.25) is 5.91 Å². The summed E-state index contributed by atoms with van der Waals surface area (Å²) in [7, 11) is 0. The number of carbonyl (C=O) groups excluding carboxylic acids is 2. The van der Waals surface area contributed by atoms with Crippen LogP contribution >= 0.6 is 0 Å². The van der Waals surface area contributed by atoms with Crippen LogP contribution in [0.1, 0.15) is 38.2 Å². The molecule has 182 valence electrons. The molecule has 3 amide bonds. The van der Waals surface area contributed by atoms with Gasteiger partial charge in [-0.15, -0.1) is 0 Å². The highest BCUT2D eigenvalue weighted by Crippen LogP contribution is 2.30. The van der Waals surface area contributed by atoms with E-state index in [9.17, 15) is 22.8 Å². The molecular weight excluding hydrogens is 445 g/mol. The lowest BCUT2D eigenvalue weighted by Gasteiger charge is -2.34. The van der Waals surface area contributed by atoms with Gasteiger partial charge in [0.25, 0.3) is 0 Å². The molecule has 2 aromatic rings. The maximum absolute atomic E-state index is 13.0. The quantitative estimate of drug-likeness (QED) is 0.636. The summed E-state index contributed by atoms with van der Waals surface area (Å²) < 4.78 is 38.1. The Kier molecular flexibility index (Phi) is 7.00. The Labute approximate surface area is 197 Å². The summed E-state index contributed by atoms with van der Waals surface area (Å²) in [6.45, 7) is 4.89. The minimum atomic E-state index is -4.44. The minimum Gasteiger partial charge on any atom is -0.371 e. The van der Waals surface area contributed by atoms with Gasteiger partial charge in [-0.1, -0.05) is 6.92 Å². The third-order valence-electron chi connectivity index (χ3n) is 6.40. The van der Waals surface area contributed by atoms with E-state index < -0.39 is 23.8 Å². The molecule has 2 N–H and O–H groups in total. The zero-order chi connectivity index (χ0) is 24.3.